The van der Waals surface area contributed by atoms with Gasteiger partial charge in [-0.15, -0.1) is 0 Å². The van der Waals surface area contributed by atoms with Gasteiger partial charge in [0.15, 0.2) is 0 Å². The summed E-state index contributed by atoms with van der Waals surface area (Å²) in [5.74, 6) is 0.676. The Labute approximate surface area is 111 Å². The Morgan fingerprint density at radius 3 is 2.41 bits per heavy atom. The Balaban J connectivity index is 2.14. The Morgan fingerprint density at radius 2 is 1.82 bits per heavy atom. The van der Waals surface area contributed by atoms with Gasteiger partial charge in [-0.3, -0.25) is 0 Å². The molecule has 1 N–H and O–H groups in total. The molecule has 0 radical (unpaired) electrons. The molecule has 0 amide bonds. The van der Waals surface area contributed by atoms with Gasteiger partial charge in [0.25, 0.3) is 0 Å². The maximum Gasteiger partial charge on any atom is 0.132 e. The van der Waals surface area contributed by atoms with Crippen LogP contribution in [0.2, 0.25) is 10.0 Å². The van der Waals surface area contributed by atoms with Crippen molar-refractivity contribution in [1.82, 2.24) is 0 Å². The van der Waals surface area contributed by atoms with Gasteiger partial charge in [-0.05, 0) is 37.8 Å². The molecule has 4 heteroatoms. The number of ether oxygens (including phenoxy) is 1. The summed E-state index contributed by atoms with van der Waals surface area (Å²) in [5.41, 5.74) is -0.435. The third kappa shape index (κ3) is 3.06. The topological polar surface area (TPSA) is 29.5 Å². The molecule has 1 fully saturated rings. The molecule has 1 aliphatic rings. The van der Waals surface area contributed by atoms with Gasteiger partial charge < -0.3 is 9.84 Å². The molecule has 94 valence electrons. The van der Waals surface area contributed by atoms with Gasteiger partial charge in [-0.1, -0.05) is 29.6 Å². The molecule has 0 aliphatic heterocycles. The second-order valence-corrected chi connectivity index (χ2v) is 5.39. The summed E-state index contributed by atoms with van der Waals surface area (Å²) in [6.45, 7) is 0.0489. The van der Waals surface area contributed by atoms with Crippen LogP contribution >= 0.6 is 23.2 Å². The van der Waals surface area contributed by atoms with Crippen LogP contribution in [-0.4, -0.2) is 17.3 Å². The lowest BCUT2D eigenvalue weighted by atomic mass is 9.85. The Kier molecular flexibility index (Phi) is 4.18. The van der Waals surface area contributed by atoms with E-state index in [1.54, 1.807) is 18.2 Å². The van der Waals surface area contributed by atoms with Gasteiger partial charge in [0, 0.05) is 6.07 Å². The summed E-state index contributed by atoms with van der Waals surface area (Å²) in [4.78, 5) is 0. The molecular formula is C13H16Cl2O2. The van der Waals surface area contributed by atoms with Crippen molar-refractivity contribution in [2.45, 2.75) is 37.7 Å². The third-order valence-electron chi connectivity index (χ3n) is 3.28. The zero-order valence-electron chi connectivity index (χ0n) is 9.59. The first-order chi connectivity index (χ1) is 8.15. The van der Waals surface area contributed by atoms with Crippen LogP contribution in [0.1, 0.15) is 32.1 Å². The number of hydrogen-bond acceptors (Lipinski definition) is 2. The Hall–Kier alpha value is -0.440. The molecule has 17 heavy (non-hydrogen) atoms. The van der Waals surface area contributed by atoms with Crippen molar-refractivity contribution in [3.63, 3.8) is 0 Å². The van der Waals surface area contributed by atoms with E-state index in [-0.39, 0.29) is 6.61 Å². The predicted octanol–water partition coefficient (Wildman–Crippen LogP) is 4.07. The first-order valence-electron chi connectivity index (χ1n) is 5.90. The monoisotopic (exact) mass is 274 g/mol. The molecule has 0 unspecified atom stereocenters. The van der Waals surface area contributed by atoms with Gasteiger partial charge in [0.05, 0.1) is 16.7 Å². The summed E-state index contributed by atoms with van der Waals surface area (Å²) >= 11 is 11.8. The summed E-state index contributed by atoms with van der Waals surface area (Å²) in [6.07, 6.45) is 5.20. The van der Waals surface area contributed by atoms with Gasteiger partial charge >= 0.3 is 0 Å². The van der Waals surface area contributed by atoms with Gasteiger partial charge in [-0.2, -0.15) is 0 Å². The van der Waals surface area contributed by atoms with E-state index in [1.165, 1.54) is 6.42 Å². The van der Waals surface area contributed by atoms with E-state index >= 15 is 0 Å². The highest BCUT2D eigenvalue weighted by Crippen LogP contribution is 2.34. The molecule has 0 bridgehead atoms. The number of rotatable bonds is 3. The van der Waals surface area contributed by atoms with E-state index in [4.69, 9.17) is 27.9 Å². The van der Waals surface area contributed by atoms with Gasteiger partial charge in [0.1, 0.15) is 11.4 Å². The van der Waals surface area contributed by atoms with Crippen molar-refractivity contribution in [3.05, 3.63) is 28.2 Å². The van der Waals surface area contributed by atoms with Crippen LogP contribution < -0.4 is 4.74 Å². The van der Waals surface area contributed by atoms with Crippen LogP contribution in [0.4, 0.5) is 0 Å². The normalized spacial score (nSPS) is 19.0. The molecule has 2 rings (SSSR count). The van der Waals surface area contributed by atoms with Crippen LogP contribution in [0.25, 0.3) is 0 Å². The highest BCUT2D eigenvalue weighted by atomic mass is 35.5. The van der Waals surface area contributed by atoms with E-state index in [0.29, 0.717) is 15.8 Å². The molecule has 1 aromatic carbocycles. The first kappa shape index (κ1) is 13.0. The van der Waals surface area contributed by atoms with Gasteiger partial charge in [0.2, 0.25) is 0 Å². The number of halogens is 2. The van der Waals surface area contributed by atoms with Crippen molar-refractivity contribution >= 4 is 23.2 Å². The molecule has 1 aromatic rings. The molecule has 0 aromatic heterocycles. The van der Waals surface area contributed by atoms with Crippen LogP contribution in [0.5, 0.6) is 5.75 Å². The smallest absolute Gasteiger partial charge is 0.132 e. The molecule has 1 aliphatic carbocycles. The first-order valence-corrected chi connectivity index (χ1v) is 6.66. The SMILES string of the molecule is OCC1(Oc2ccc(Cl)c(Cl)c2)CCCCC1. The van der Waals surface area contributed by atoms with Crippen molar-refractivity contribution in [1.29, 1.82) is 0 Å². The molecular weight excluding hydrogens is 259 g/mol. The van der Waals surface area contributed by atoms with E-state index in [0.717, 1.165) is 25.7 Å². The molecule has 0 heterocycles. The fourth-order valence-corrected chi connectivity index (χ4v) is 2.57. The fraction of sp³-hybridized carbons (Fsp3) is 0.538. The van der Waals surface area contributed by atoms with Crippen LogP contribution in [-0.2, 0) is 0 Å². The molecule has 0 atom stereocenters. The highest BCUT2D eigenvalue weighted by molar-refractivity contribution is 6.42. The second-order valence-electron chi connectivity index (χ2n) is 4.58. The lowest BCUT2D eigenvalue weighted by Gasteiger charge is -2.36. The van der Waals surface area contributed by atoms with E-state index in [9.17, 15) is 5.11 Å². The largest absolute Gasteiger partial charge is 0.485 e. The summed E-state index contributed by atoms with van der Waals surface area (Å²) in [7, 11) is 0. The number of benzene rings is 1. The van der Waals surface area contributed by atoms with Crippen molar-refractivity contribution in [3.8, 4) is 5.75 Å². The van der Waals surface area contributed by atoms with E-state index < -0.39 is 5.60 Å². The number of aliphatic hydroxyl groups is 1. The van der Waals surface area contributed by atoms with Gasteiger partial charge in [-0.25, -0.2) is 0 Å². The van der Waals surface area contributed by atoms with Crippen LogP contribution in [0.3, 0.4) is 0 Å². The second kappa shape index (κ2) is 5.47. The number of aliphatic hydroxyl groups excluding tert-OH is 1. The summed E-state index contributed by atoms with van der Waals surface area (Å²) in [6, 6.07) is 5.21. The highest BCUT2D eigenvalue weighted by Gasteiger charge is 2.33. The van der Waals surface area contributed by atoms with E-state index in [2.05, 4.69) is 0 Å². The maximum atomic E-state index is 9.54. The average molecular weight is 275 g/mol. The molecule has 2 nitrogen and oxygen atoms in total. The lowest BCUT2D eigenvalue weighted by molar-refractivity contribution is -0.0198. The standard InChI is InChI=1S/C13H16Cl2O2/c14-11-5-4-10(8-12(11)15)17-13(9-16)6-2-1-3-7-13/h4-5,8,16H,1-3,6-7,9H2. The van der Waals surface area contributed by atoms with E-state index in [1.807, 2.05) is 0 Å². The Morgan fingerprint density at radius 1 is 1.12 bits per heavy atom. The summed E-state index contributed by atoms with van der Waals surface area (Å²) in [5, 5.41) is 10.5. The quantitative estimate of drug-likeness (QED) is 0.901. The predicted molar refractivity (Wildman–Crippen MR) is 70.0 cm³/mol. The zero-order chi connectivity index (χ0) is 12.3. The maximum absolute atomic E-state index is 9.54. The van der Waals surface area contributed by atoms with Crippen LogP contribution in [0.15, 0.2) is 18.2 Å². The Bertz CT molecular complexity index is 387. The zero-order valence-corrected chi connectivity index (χ0v) is 11.1. The minimum atomic E-state index is -0.435. The van der Waals surface area contributed by atoms with Crippen molar-refractivity contribution in [2.24, 2.45) is 0 Å². The molecule has 0 spiro atoms. The minimum Gasteiger partial charge on any atom is -0.485 e. The lowest BCUT2D eigenvalue weighted by Crippen LogP contribution is -2.41. The van der Waals surface area contributed by atoms with Crippen LogP contribution in [0, 0.1) is 0 Å². The summed E-state index contributed by atoms with van der Waals surface area (Å²) < 4.78 is 5.93. The fourth-order valence-electron chi connectivity index (χ4n) is 2.28. The van der Waals surface area contributed by atoms with Crippen molar-refractivity contribution < 1.29 is 9.84 Å². The third-order valence-corrected chi connectivity index (χ3v) is 4.02. The number of hydrogen-bond donors (Lipinski definition) is 1. The minimum absolute atomic E-state index is 0.0489. The van der Waals surface area contributed by atoms with Crippen molar-refractivity contribution in [2.75, 3.05) is 6.61 Å². The average Bonchev–Trinajstić information content (AvgIpc) is 2.35. The molecule has 0 saturated heterocycles. The molecule has 1 saturated carbocycles.